The smallest absolute Gasteiger partial charge is 0.224 e. The van der Waals surface area contributed by atoms with Crippen LogP contribution < -0.4 is 11.1 Å². The zero-order valence-electron chi connectivity index (χ0n) is 12.3. The quantitative estimate of drug-likeness (QED) is 0.776. The highest BCUT2D eigenvalue weighted by Crippen LogP contribution is 2.28. The zero-order chi connectivity index (χ0) is 13.7. The van der Waals surface area contributed by atoms with Gasteiger partial charge in [0.05, 0.1) is 5.92 Å². The Hall–Kier alpha value is -0.610. The third-order valence-corrected chi connectivity index (χ3v) is 4.22. The molecule has 0 aromatic rings. The molecule has 0 aliphatic heterocycles. The SMILES string of the molecule is CC1CCCC(N)C1C(=O)NCCN(C)C(C)C. The Morgan fingerprint density at radius 1 is 1.44 bits per heavy atom. The van der Waals surface area contributed by atoms with E-state index in [0.717, 1.165) is 25.8 Å². The Morgan fingerprint density at radius 2 is 2.11 bits per heavy atom. The van der Waals surface area contributed by atoms with Crippen LogP contribution in [0.3, 0.4) is 0 Å². The molecule has 0 spiro atoms. The Kier molecular flexibility index (Phi) is 6.09. The van der Waals surface area contributed by atoms with E-state index in [-0.39, 0.29) is 17.9 Å². The van der Waals surface area contributed by atoms with Crippen molar-refractivity contribution in [2.24, 2.45) is 17.6 Å². The summed E-state index contributed by atoms with van der Waals surface area (Å²) in [6, 6.07) is 0.550. The topological polar surface area (TPSA) is 58.4 Å². The van der Waals surface area contributed by atoms with Gasteiger partial charge in [-0.1, -0.05) is 13.3 Å². The minimum atomic E-state index is 0.00288. The van der Waals surface area contributed by atoms with Gasteiger partial charge in [-0.2, -0.15) is 0 Å². The molecule has 3 unspecified atom stereocenters. The molecule has 0 aromatic carbocycles. The lowest BCUT2D eigenvalue weighted by Crippen LogP contribution is -2.48. The van der Waals surface area contributed by atoms with Crippen LogP contribution in [0.2, 0.25) is 0 Å². The molecule has 1 rings (SSSR count). The molecule has 1 saturated carbocycles. The third-order valence-electron chi connectivity index (χ3n) is 4.22. The van der Waals surface area contributed by atoms with E-state index >= 15 is 0 Å². The zero-order valence-corrected chi connectivity index (χ0v) is 12.3. The Morgan fingerprint density at radius 3 is 2.67 bits per heavy atom. The lowest BCUT2D eigenvalue weighted by molar-refractivity contribution is -0.128. The van der Waals surface area contributed by atoms with Gasteiger partial charge in [0.25, 0.3) is 0 Å². The third kappa shape index (κ3) is 4.25. The Labute approximate surface area is 111 Å². The molecule has 0 bridgehead atoms. The number of nitrogens with two attached hydrogens (primary N) is 1. The van der Waals surface area contributed by atoms with E-state index in [9.17, 15) is 4.79 Å². The maximum Gasteiger partial charge on any atom is 0.224 e. The fraction of sp³-hybridized carbons (Fsp3) is 0.929. The molecule has 1 amide bonds. The number of carbonyl (C=O) groups excluding carboxylic acids is 1. The average molecular weight is 255 g/mol. The van der Waals surface area contributed by atoms with Gasteiger partial charge in [-0.15, -0.1) is 0 Å². The Balaban J connectivity index is 2.35. The minimum absolute atomic E-state index is 0.00288. The number of rotatable bonds is 5. The van der Waals surface area contributed by atoms with Crippen LogP contribution in [0.4, 0.5) is 0 Å². The molecular formula is C14H29N3O. The number of nitrogens with zero attached hydrogens (tertiary/aromatic N) is 1. The van der Waals surface area contributed by atoms with Gasteiger partial charge in [-0.05, 0) is 39.7 Å². The first-order valence-corrected chi connectivity index (χ1v) is 7.17. The van der Waals surface area contributed by atoms with Gasteiger partial charge in [-0.3, -0.25) is 4.79 Å². The average Bonchev–Trinajstić information content (AvgIpc) is 2.28. The van der Waals surface area contributed by atoms with Gasteiger partial charge in [0.2, 0.25) is 5.91 Å². The molecule has 1 aliphatic carbocycles. The first-order valence-electron chi connectivity index (χ1n) is 7.17. The summed E-state index contributed by atoms with van der Waals surface area (Å²) >= 11 is 0. The molecular weight excluding hydrogens is 226 g/mol. The maximum absolute atomic E-state index is 12.2. The Bertz CT molecular complexity index is 258. The molecule has 0 heterocycles. The van der Waals surface area contributed by atoms with Crippen LogP contribution in [-0.2, 0) is 4.79 Å². The van der Waals surface area contributed by atoms with Crippen LogP contribution in [0.1, 0.15) is 40.0 Å². The molecule has 3 atom stereocenters. The van der Waals surface area contributed by atoms with Gasteiger partial charge in [0.15, 0.2) is 0 Å². The van der Waals surface area contributed by atoms with E-state index in [1.165, 1.54) is 0 Å². The summed E-state index contributed by atoms with van der Waals surface area (Å²) in [5.74, 6) is 0.562. The molecule has 18 heavy (non-hydrogen) atoms. The molecule has 3 N–H and O–H groups in total. The molecule has 0 aromatic heterocycles. The molecule has 0 saturated heterocycles. The number of amides is 1. The van der Waals surface area contributed by atoms with Crippen LogP contribution in [-0.4, -0.2) is 43.0 Å². The largest absolute Gasteiger partial charge is 0.355 e. The summed E-state index contributed by atoms with van der Waals surface area (Å²) in [6.45, 7) is 8.05. The number of carbonyl (C=O) groups is 1. The van der Waals surface area contributed by atoms with Crippen molar-refractivity contribution in [1.29, 1.82) is 0 Å². The highest BCUT2D eigenvalue weighted by Gasteiger charge is 2.33. The second kappa shape index (κ2) is 7.10. The summed E-state index contributed by atoms with van der Waals surface area (Å²) in [5.41, 5.74) is 6.08. The fourth-order valence-corrected chi connectivity index (χ4v) is 2.64. The molecule has 1 fully saturated rings. The van der Waals surface area contributed by atoms with Crippen LogP contribution in [0, 0.1) is 11.8 Å². The van der Waals surface area contributed by atoms with E-state index in [4.69, 9.17) is 5.73 Å². The highest BCUT2D eigenvalue weighted by atomic mass is 16.1. The van der Waals surface area contributed by atoms with Gasteiger partial charge in [-0.25, -0.2) is 0 Å². The van der Waals surface area contributed by atoms with Gasteiger partial charge in [0, 0.05) is 25.2 Å². The molecule has 4 nitrogen and oxygen atoms in total. The van der Waals surface area contributed by atoms with E-state index in [2.05, 4.69) is 38.0 Å². The van der Waals surface area contributed by atoms with Crippen molar-refractivity contribution in [2.75, 3.05) is 20.1 Å². The van der Waals surface area contributed by atoms with Crippen LogP contribution in [0.5, 0.6) is 0 Å². The standard InChI is InChI=1S/C14H29N3O/c1-10(2)17(4)9-8-16-14(18)13-11(3)6-5-7-12(13)15/h10-13H,5-9,15H2,1-4H3,(H,16,18). The number of hydrogen-bond donors (Lipinski definition) is 2. The van der Waals surface area contributed by atoms with Crippen LogP contribution in [0.25, 0.3) is 0 Å². The van der Waals surface area contributed by atoms with Gasteiger partial charge < -0.3 is 16.0 Å². The van der Waals surface area contributed by atoms with E-state index in [1.807, 2.05) is 0 Å². The summed E-state index contributed by atoms with van der Waals surface area (Å²) < 4.78 is 0. The molecule has 1 aliphatic rings. The van der Waals surface area contributed by atoms with Crippen molar-refractivity contribution in [2.45, 2.75) is 52.1 Å². The van der Waals surface area contributed by atoms with Crippen molar-refractivity contribution in [3.8, 4) is 0 Å². The van der Waals surface area contributed by atoms with Crippen LogP contribution >= 0.6 is 0 Å². The summed E-state index contributed by atoms with van der Waals surface area (Å²) in [6.07, 6.45) is 3.26. The van der Waals surface area contributed by atoms with Crippen molar-refractivity contribution in [1.82, 2.24) is 10.2 Å². The number of likely N-dealkylation sites (N-methyl/N-ethyl adjacent to an activating group) is 1. The van der Waals surface area contributed by atoms with Gasteiger partial charge >= 0.3 is 0 Å². The number of hydrogen-bond acceptors (Lipinski definition) is 3. The van der Waals surface area contributed by atoms with E-state index in [0.29, 0.717) is 18.5 Å². The normalized spacial score (nSPS) is 28.7. The first-order chi connectivity index (χ1) is 8.43. The predicted molar refractivity (Wildman–Crippen MR) is 75.3 cm³/mol. The number of nitrogens with one attached hydrogen (secondary N) is 1. The summed E-state index contributed by atoms with van der Waals surface area (Å²) in [4.78, 5) is 14.4. The monoisotopic (exact) mass is 255 g/mol. The van der Waals surface area contributed by atoms with Gasteiger partial charge in [0.1, 0.15) is 0 Å². The summed E-state index contributed by atoms with van der Waals surface area (Å²) in [5, 5.41) is 3.04. The first kappa shape index (κ1) is 15.4. The second-order valence-electron chi connectivity index (χ2n) is 5.96. The van der Waals surface area contributed by atoms with E-state index < -0.39 is 0 Å². The lowest BCUT2D eigenvalue weighted by atomic mass is 9.76. The second-order valence-corrected chi connectivity index (χ2v) is 5.96. The molecule has 4 heteroatoms. The molecule has 106 valence electrons. The van der Waals surface area contributed by atoms with E-state index in [1.54, 1.807) is 0 Å². The molecule has 0 radical (unpaired) electrons. The lowest BCUT2D eigenvalue weighted by Gasteiger charge is -2.33. The van der Waals surface area contributed by atoms with Crippen molar-refractivity contribution in [3.05, 3.63) is 0 Å². The highest BCUT2D eigenvalue weighted by molar-refractivity contribution is 5.79. The minimum Gasteiger partial charge on any atom is -0.355 e. The summed E-state index contributed by atoms with van der Waals surface area (Å²) in [7, 11) is 2.08. The van der Waals surface area contributed by atoms with Crippen molar-refractivity contribution < 1.29 is 4.79 Å². The fourth-order valence-electron chi connectivity index (χ4n) is 2.64. The maximum atomic E-state index is 12.2. The van der Waals surface area contributed by atoms with Crippen molar-refractivity contribution >= 4 is 5.91 Å². The predicted octanol–water partition coefficient (Wildman–Crippen LogP) is 1.21. The van der Waals surface area contributed by atoms with Crippen molar-refractivity contribution in [3.63, 3.8) is 0 Å². The van der Waals surface area contributed by atoms with Crippen LogP contribution in [0.15, 0.2) is 0 Å².